The molecule has 4 heteroatoms. The zero-order valence-electron chi connectivity index (χ0n) is 10.5. The van der Waals surface area contributed by atoms with Crippen molar-refractivity contribution in [1.82, 2.24) is 4.98 Å². The number of pyridine rings is 1. The fourth-order valence-corrected chi connectivity index (χ4v) is 1.73. The highest BCUT2D eigenvalue weighted by atomic mass is 35.5. The summed E-state index contributed by atoms with van der Waals surface area (Å²) in [6, 6.07) is 18.1. The standard InChI is InChI=1S/C9H7N.C7H5ClO2/c1-2-6-9-8(4-1)5-3-7-10-9;8-6-3-1-5(2-4-6)7(9)10/h1-7H;1-4H,(H,9,10). The van der Waals surface area contributed by atoms with Crippen LogP contribution >= 0.6 is 11.6 Å². The molecule has 0 aliphatic heterocycles. The van der Waals surface area contributed by atoms with Gasteiger partial charge in [-0.15, -0.1) is 0 Å². The molecule has 0 amide bonds. The number of nitrogens with zero attached hydrogens (tertiary/aromatic N) is 1. The maximum absolute atomic E-state index is 10.3. The smallest absolute Gasteiger partial charge is 0.335 e. The highest BCUT2D eigenvalue weighted by Crippen LogP contribution is 2.09. The van der Waals surface area contributed by atoms with E-state index in [1.54, 1.807) is 12.1 Å². The summed E-state index contributed by atoms with van der Waals surface area (Å²) in [5.41, 5.74) is 1.31. The van der Waals surface area contributed by atoms with Gasteiger partial charge in [0.2, 0.25) is 0 Å². The van der Waals surface area contributed by atoms with Crippen LogP contribution in [0.5, 0.6) is 0 Å². The van der Waals surface area contributed by atoms with E-state index in [9.17, 15) is 4.79 Å². The van der Waals surface area contributed by atoms with Crippen LogP contribution in [0.3, 0.4) is 0 Å². The van der Waals surface area contributed by atoms with Gasteiger partial charge >= 0.3 is 5.97 Å². The van der Waals surface area contributed by atoms with Crippen LogP contribution in [0.15, 0.2) is 66.9 Å². The van der Waals surface area contributed by atoms with Gasteiger partial charge < -0.3 is 5.11 Å². The lowest BCUT2D eigenvalue weighted by Crippen LogP contribution is -1.94. The second-order valence-electron chi connectivity index (χ2n) is 4.01. The van der Waals surface area contributed by atoms with Gasteiger partial charge in [0.05, 0.1) is 11.1 Å². The Bertz CT molecular complexity index is 646. The van der Waals surface area contributed by atoms with Gasteiger partial charge in [0.15, 0.2) is 0 Å². The topological polar surface area (TPSA) is 50.2 Å². The number of rotatable bonds is 1. The van der Waals surface area contributed by atoms with Crippen molar-refractivity contribution in [3.8, 4) is 0 Å². The molecule has 0 aliphatic rings. The molecule has 0 atom stereocenters. The number of carbonyl (C=O) groups is 1. The molecular weight excluding hydrogens is 274 g/mol. The molecule has 0 saturated carbocycles. The van der Waals surface area contributed by atoms with Gasteiger partial charge in [0.1, 0.15) is 0 Å². The molecular formula is C16H12ClNO2. The fraction of sp³-hybridized carbons (Fsp3) is 0. The summed E-state index contributed by atoms with van der Waals surface area (Å²) in [6.45, 7) is 0. The molecule has 100 valence electrons. The van der Waals surface area contributed by atoms with Crippen LogP contribution in [0.1, 0.15) is 10.4 Å². The molecule has 0 saturated heterocycles. The molecule has 0 bridgehead atoms. The predicted molar refractivity (Wildman–Crippen MR) is 80.2 cm³/mol. The Morgan fingerprint density at radius 2 is 1.60 bits per heavy atom. The van der Waals surface area contributed by atoms with E-state index in [4.69, 9.17) is 16.7 Å². The Morgan fingerprint density at radius 1 is 0.950 bits per heavy atom. The van der Waals surface area contributed by atoms with E-state index >= 15 is 0 Å². The second kappa shape index (κ2) is 6.68. The minimum absolute atomic E-state index is 0.254. The number of carboxylic acids is 1. The molecule has 0 aliphatic carbocycles. The van der Waals surface area contributed by atoms with Crippen molar-refractivity contribution in [1.29, 1.82) is 0 Å². The lowest BCUT2D eigenvalue weighted by atomic mass is 10.2. The lowest BCUT2D eigenvalue weighted by Gasteiger charge is -1.91. The van der Waals surface area contributed by atoms with Crippen LogP contribution in [0, 0.1) is 0 Å². The number of benzene rings is 2. The average molecular weight is 286 g/mol. The molecule has 0 spiro atoms. The summed E-state index contributed by atoms with van der Waals surface area (Å²) in [5.74, 6) is -0.934. The minimum atomic E-state index is -0.934. The highest BCUT2D eigenvalue weighted by molar-refractivity contribution is 6.30. The van der Waals surface area contributed by atoms with E-state index in [0.29, 0.717) is 5.02 Å². The van der Waals surface area contributed by atoms with Crippen molar-refractivity contribution in [3.05, 3.63) is 77.4 Å². The number of aromatic carboxylic acids is 1. The van der Waals surface area contributed by atoms with Crippen LogP contribution in [-0.4, -0.2) is 16.1 Å². The Kier molecular flexibility index (Phi) is 4.69. The van der Waals surface area contributed by atoms with Crippen molar-refractivity contribution < 1.29 is 9.90 Å². The number of halogens is 1. The molecule has 0 radical (unpaired) electrons. The van der Waals surface area contributed by atoms with E-state index in [1.165, 1.54) is 17.5 Å². The van der Waals surface area contributed by atoms with Gasteiger partial charge in [-0.05, 0) is 36.4 Å². The first-order valence-electron chi connectivity index (χ1n) is 5.95. The number of carboxylic acid groups (broad SMARTS) is 1. The van der Waals surface area contributed by atoms with Crippen molar-refractivity contribution >= 4 is 28.5 Å². The van der Waals surface area contributed by atoms with Crippen LogP contribution < -0.4 is 0 Å². The number of fused-ring (bicyclic) bond motifs is 1. The van der Waals surface area contributed by atoms with E-state index < -0.39 is 5.97 Å². The van der Waals surface area contributed by atoms with Gasteiger partial charge in [-0.3, -0.25) is 4.98 Å². The number of para-hydroxylation sites is 1. The average Bonchev–Trinajstić information content (AvgIpc) is 2.48. The Labute approximate surface area is 121 Å². The SMILES string of the molecule is O=C(O)c1ccc(Cl)cc1.c1ccc2ncccc2c1. The molecule has 1 heterocycles. The third kappa shape index (κ3) is 3.80. The third-order valence-corrected chi connectivity index (χ3v) is 2.86. The van der Waals surface area contributed by atoms with Crippen molar-refractivity contribution in [2.45, 2.75) is 0 Å². The summed E-state index contributed by atoms with van der Waals surface area (Å²) in [4.78, 5) is 14.5. The van der Waals surface area contributed by atoms with E-state index in [-0.39, 0.29) is 5.56 Å². The van der Waals surface area contributed by atoms with Gasteiger partial charge in [-0.1, -0.05) is 35.9 Å². The Hall–Kier alpha value is -2.39. The summed E-state index contributed by atoms with van der Waals surface area (Å²) in [5, 5.41) is 10.2. The maximum Gasteiger partial charge on any atom is 0.335 e. The fourth-order valence-electron chi connectivity index (χ4n) is 1.61. The van der Waals surface area contributed by atoms with Crippen molar-refractivity contribution in [2.75, 3.05) is 0 Å². The molecule has 2 aromatic carbocycles. The summed E-state index contributed by atoms with van der Waals surface area (Å²) in [6.07, 6.45) is 1.81. The first-order chi connectivity index (χ1) is 9.66. The van der Waals surface area contributed by atoms with Crippen LogP contribution in [0.25, 0.3) is 10.9 Å². The summed E-state index contributed by atoms with van der Waals surface area (Å²) >= 11 is 5.52. The third-order valence-electron chi connectivity index (χ3n) is 2.60. The maximum atomic E-state index is 10.3. The largest absolute Gasteiger partial charge is 0.478 e. The Morgan fingerprint density at radius 3 is 2.25 bits per heavy atom. The zero-order valence-corrected chi connectivity index (χ0v) is 11.3. The van der Waals surface area contributed by atoms with Crippen LogP contribution in [0.4, 0.5) is 0 Å². The number of hydrogen-bond donors (Lipinski definition) is 1. The van der Waals surface area contributed by atoms with Crippen LogP contribution in [0.2, 0.25) is 5.02 Å². The Balaban J connectivity index is 0.000000147. The molecule has 3 aromatic rings. The number of aromatic nitrogens is 1. The summed E-state index contributed by atoms with van der Waals surface area (Å²) in [7, 11) is 0. The van der Waals surface area contributed by atoms with Crippen LogP contribution in [-0.2, 0) is 0 Å². The van der Waals surface area contributed by atoms with Gasteiger partial charge in [0, 0.05) is 16.6 Å². The predicted octanol–water partition coefficient (Wildman–Crippen LogP) is 4.27. The van der Waals surface area contributed by atoms with Gasteiger partial charge in [0.25, 0.3) is 0 Å². The second-order valence-corrected chi connectivity index (χ2v) is 4.44. The van der Waals surface area contributed by atoms with Gasteiger partial charge in [-0.25, -0.2) is 4.79 Å². The summed E-state index contributed by atoms with van der Waals surface area (Å²) < 4.78 is 0. The monoisotopic (exact) mass is 285 g/mol. The molecule has 0 fully saturated rings. The van der Waals surface area contributed by atoms with E-state index in [1.807, 2.05) is 30.5 Å². The highest BCUT2D eigenvalue weighted by Gasteiger charge is 1.99. The van der Waals surface area contributed by atoms with E-state index in [0.717, 1.165) is 5.52 Å². The number of hydrogen-bond acceptors (Lipinski definition) is 2. The molecule has 1 aromatic heterocycles. The molecule has 1 N–H and O–H groups in total. The van der Waals surface area contributed by atoms with Gasteiger partial charge in [-0.2, -0.15) is 0 Å². The zero-order chi connectivity index (χ0) is 14.4. The quantitative estimate of drug-likeness (QED) is 0.726. The molecule has 0 unspecified atom stereocenters. The van der Waals surface area contributed by atoms with Crippen molar-refractivity contribution in [3.63, 3.8) is 0 Å². The molecule has 20 heavy (non-hydrogen) atoms. The molecule has 3 nitrogen and oxygen atoms in total. The first kappa shape index (κ1) is 14.0. The minimum Gasteiger partial charge on any atom is -0.478 e. The first-order valence-corrected chi connectivity index (χ1v) is 6.33. The molecule has 3 rings (SSSR count). The van der Waals surface area contributed by atoms with Crippen molar-refractivity contribution in [2.24, 2.45) is 0 Å². The lowest BCUT2D eigenvalue weighted by molar-refractivity contribution is 0.0697. The normalized spacial score (nSPS) is 9.65. The van der Waals surface area contributed by atoms with E-state index in [2.05, 4.69) is 17.1 Å².